The van der Waals surface area contributed by atoms with Crippen LogP contribution in [-0.2, 0) is 4.79 Å². The molecule has 6 nitrogen and oxygen atoms in total. The number of nitrogens with zero attached hydrogens (tertiary/aromatic N) is 1. The average Bonchev–Trinajstić information content (AvgIpc) is 2.76. The van der Waals surface area contributed by atoms with Gasteiger partial charge in [0.2, 0.25) is 0 Å². The molecule has 3 N–H and O–H groups in total. The highest BCUT2D eigenvalue weighted by molar-refractivity contribution is 5.84. The number of carbonyl (C=O) groups excluding carboxylic acids is 1. The van der Waals surface area contributed by atoms with Gasteiger partial charge in [-0.05, 0) is 19.8 Å². The van der Waals surface area contributed by atoms with Gasteiger partial charge in [0.25, 0.3) is 0 Å². The summed E-state index contributed by atoms with van der Waals surface area (Å²) in [7, 11) is 0. The molecule has 0 aromatic rings. The van der Waals surface area contributed by atoms with Gasteiger partial charge in [-0.3, -0.25) is 0 Å². The van der Waals surface area contributed by atoms with Crippen LogP contribution in [0.4, 0.5) is 4.79 Å². The minimum atomic E-state index is -1.06. The molecule has 0 spiro atoms. The fourth-order valence-corrected chi connectivity index (χ4v) is 1.91. The first-order valence-electron chi connectivity index (χ1n) is 5.41. The number of hydrogen-bond donors (Lipinski definition) is 3. The highest BCUT2D eigenvalue weighted by Crippen LogP contribution is 2.34. The number of carboxylic acids is 1. The minimum absolute atomic E-state index is 0.0961. The highest BCUT2D eigenvalue weighted by atomic mass is 16.4. The number of carboxylic acid groups (broad SMARTS) is 1. The van der Waals surface area contributed by atoms with Crippen LogP contribution in [0.1, 0.15) is 26.2 Å². The standard InChI is InChI=1S/C10H16N2O4/c1-10(2-3-10)11-9(16)12-5-6(13)4-7(12)8(14)15/h6-7,13H,2-5H2,1H3,(H,11,16)(H,14,15)/t6-,7-/m0/s1. The van der Waals surface area contributed by atoms with Crippen LogP contribution in [0, 0.1) is 0 Å². The van der Waals surface area contributed by atoms with Crippen molar-refractivity contribution in [2.45, 2.75) is 43.9 Å². The lowest BCUT2D eigenvalue weighted by molar-refractivity contribution is -0.141. The first-order valence-corrected chi connectivity index (χ1v) is 5.41. The minimum Gasteiger partial charge on any atom is -0.480 e. The first kappa shape index (κ1) is 11.2. The maximum Gasteiger partial charge on any atom is 0.326 e. The summed E-state index contributed by atoms with van der Waals surface area (Å²) in [6.07, 6.45) is 1.22. The van der Waals surface area contributed by atoms with Crippen molar-refractivity contribution in [3.05, 3.63) is 0 Å². The number of amides is 2. The van der Waals surface area contributed by atoms with Crippen LogP contribution in [0.3, 0.4) is 0 Å². The summed E-state index contributed by atoms with van der Waals surface area (Å²) < 4.78 is 0. The molecule has 0 aromatic carbocycles. The summed E-state index contributed by atoms with van der Waals surface area (Å²) in [5, 5.41) is 21.1. The quantitative estimate of drug-likeness (QED) is 0.609. The van der Waals surface area contributed by atoms with Crippen LogP contribution in [0.25, 0.3) is 0 Å². The number of aliphatic carboxylic acids is 1. The molecule has 2 rings (SSSR count). The largest absolute Gasteiger partial charge is 0.480 e. The fraction of sp³-hybridized carbons (Fsp3) is 0.800. The Morgan fingerprint density at radius 1 is 1.44 bits per heavy atom. The van der Waals surface area contributed by atoms with E-state index in [1.165, 1.54) is 4.90 Å². The van der Waals surface area contributed by atoms with Crippen molar-refractivity contribution in [3.63, 3.8) is 0 Å². The van der Waals surface area contributed by atoms with Gasteiger partial charge in [0, 0.05) is 18.5 Å². The molecule has 0 aromatic heterocycles. The van der Waals surface area contributed by atoms with Gasteiger partial charge in [0.05, 0.1) is 6.10 Å². The van der Waals surface area contributed by atoms with Crippen molar-refractivity contribution in [1.29, 1.82) is 0 Å². The van der Waals surface area contributed by atoms with Gasteiger partial charge in [0.1, 0.15) is 6.04 Å². The van der Waals surface area contributed by atoms with Crippen molar-refractivity contribution in [3.8, 4) is 0 Å². The smallest absolute Gasteiger partial charge is 0.326 e. The molecule has 1 aliphatic heterocycles. The van der Waals surface area contributed by atoms with Crippen LogP contribution >= 0.6 is 0 Å². The molecule has 90 valence electrons. The van der Waals surface area contributed by atoms with Crippen LogP contribution in [0.5, 0.6) is 0 Å². The molecule has 16 heavy (non-hydrogen) atoms. The van der Waals surface area contributed by atoms with E-state index >= 15 is 0 Å². The van der Waals surface area contributed by atoms with Crippen LogP contribution in [-0.4, -0.2) is 51.3 Å². The number of hydrogen-bond acceptors (Lipinski definition) is 3. The van der Waals surface area contributed by atoms with Gasteiger partial charge in [-0.1, -0.05) is 0 Å². The Labute approximate surface area is 93.2 Å². The molecule has 0 unspecified atom stereocenters. The van der Waals surface area contributed by atoms with Gasteiger partial charge in [0.15, 0.2) is 0 Å². The number of aliphatic hydroxyl groups excluding tert-OH is 1. The van der Waals surface area contributed by atoms with Crippen molar-refractivity contribution in [2.24, 2.45) is 0 Å². The van der Waals surface area contributed by atoms with Crippen LogP contribution < -0.4 is 5.32 Å². The highest BCUT2D eigenvalue weighted by Gasteiger charge is 2.44. The third kappa shape index (κ3) is 2.11. The van der Waals surface area contributed by atoms with Crippen molar-refractivity contribution in [1.82, 2.24) is 10.2 Å². The number of carbonyl (C=O) groups is 2. The first-order chi connectivity index (χ1) is 7.41. The topological polar surface area (TPSA) is 89.9 Å². The van der Waals surface area contributed by atoms with Crippen molar-refractivity contribution < 1.29 is 19.8 Å². The number of urea groups is 1. The lowest BCUT2D eigenvalue weighted by Gasteiger charge is -2.23. The van der Waals surface area contributed by atoms with Gasteiger partial charge in [-0.25, -0.2) is 9.59 Å². The molecule has 2 atom stereocenters. The van der Waals surface area contributed by atoms with Gasteiger partial charge < -0.3 is 20.4 Å². The molecular formula is C10H16N2O4. The predicted octanol–water partition coefficient (Wildman–Crippen LogP) is -0.232. The Hall–Kier alpha value is -1.30. The summed E-state index contributed by atoms with van der Waals surface area (Å²) in [6, 6.07) is -1.29. The number of nitrogens with one attached hydrogen (secondary N) is 1. The lowest BCUT2D eigenvalue weighted by Crippen LogP contribution is -2.49. The second-order valence-electron chi connectivity index (χ2n) is 4.89. The van der Waals surface area contributed by atoms with Gasteiger partial charge in [-0.2, -0.15) is 0 Å². The molecule has 1 saturated carbocycles. The van der Waals surface area contributed by atoms with E-state index < -0.39 is 18.1 Å². The molecule has 1 saturated heterocycles. The summed E-state index contributed by atoms with van der Waals surface area (Å²) in [5.41, 5.74) is -0.173. The fourth-order valence-electron chi connectivity index (χ4n) is 1.91. The molecule has 2 fully saturated rings. The van der Waals surface area contributed by atoms with E-state index in [1.807, 2.05) is 6.92 Å². The van der Waals surface area contributed by atoms with E-state index in [0.29, 0.717) is 0 Å². The second kappa shape index (κ2) is 3.62. The molecule has 6 heteroatoms. The van der Waals surface area contributed by atoms with E-state index in [9.17, 15) is 14.7 Å². The SMILES string of the molecule is CC1(NC(=O)N2C[C@@H](O)C[C@H]2C(=O)O)CC1. The Morgan fingerprint density at radius 2 is 2.06 bits per heavy atom. The summed E-state index contributed by atoms with van der Waals surface area (Å²) in [6.45, 7) is 2.02. The Morgan fingerprint density at radius 3 is 2.56 bits per heavy atom. The third-order valence-corrected chi connectivity index (χ3v) is 3.23. The van der Waals surface area contributed by atoms with E-state index in [1.54, 1.807) is 0 Å². The number of likely N-dealkylation sites (tertiary alicyclic amines) is 1. The van der Waals surface area contributed by atoms with Crippen LogP contribution in [0.2, 0.25) is 0 Å². The zero-order valence-electron chi connectivity index (χ0n) is 9.14. The van der Waals surface area contributed by atoms with Gasteiger partial charge in [-0.15, -0.1) is 0 Å². The third-order valence-electron chi connectivity index (χ3n) is 3.23. The lowest BCUT2D eigenvalue weighted by atomic mass is 10.2. The molecule has 2 amide bonds. The normalized spacial score (nSPS) is 31.2. The van der Waals surface area contributed by atoms with Crippen LogP contribution in [0.15, 0.2) is 0 Å². The zero-order chi connectivity index (χ0) is 11.9. The number of β-amino-alcohol motifs (C(OH)–C–C–N with tert-alkyl or cyclic N) is 1. The van der Waals surface area contributed by atoms with E-state index in [2.05, 4.69) is 5.32 Å². The molecule has 0 bridgehead atoms. The predicted molar refractivity (Wildman–Crippen MR) is 54.9 cm³/mol. The zero-order valence-corrected chi connectivity index (χ0v) is 9.14. The monoisotopic (exact) mass is 228 g/mol. The second-order valence-corrected chi connectivity index (χ2v) is 4.89. The summed E-state index contributed by atoms with van der Waals surface area (Å²) in [5.74, 6) is -1.06. The number of aliphatic hydroxyl groups is 1. The van der Waals surface area contributed by atoms with E-state index in [-0.39, 0.29) is 24.5 Å². The molecule has 1 heterocycles. The molecular weight excluding hydrogens is 212 g/mol. The molecule has 1 aliphatic carbocycles. The summed E-state index contributed by atoms with van der Waals surface area (Å²) in [4.78, 5) is 23.9. The Balaban J connectivity index is 2.01. The van der Waals surface area contributed by atoms with Gasteiger partial charge >= 0.3 is 12.0 Å². The summed E-state index contributed by atoms with van der Waals surface area (Å²) >= 11 is 0. The Bertz CT molecular complexity index is 327. The van der Waals surface area contributed by atoms with Crippen molar-refractivity contribution >= 4 is 12.0 Å². The molecule has 0 radical (unpaired) electrons. The molecule has 2 aliphatic rings. The average molecular weight is 228 g/mol. The number of rotatable bonds is 2. The maximum absolute atomic E-state index is 11.8. The van der Waals surface area contributed by atoms with E-state index in [4.69, 9.17) is 5.11 Å². The maximum atomic E-state index is 11.8. The Kier molecular flexibility index (Phi) is 2.53. The van der Waals surface area contributed by atoms with E-state index in [0.717, 1.165) is 12.8 Å². The van der Waals surface area contributed by atoms with Crippen molar-refractivity contribution in [2.75, 3.05) is 6.54 Å².